The van der Waals surface area contributed by atoms with Gasteiger partial charge in [0.15, 0.2) is 0 Å². The summed E-state index contributed by atoms with van der Waals surface area (Å²) in [4.78, 5) is 0. The second-order valence-corrected chi connectivity index (χ2v) is 4.40. The van der Waals surface area contributed by atoms with Gasteiger partial charge in [-0.2, -0.15) is 0 Å². The van der Waals surface area contributed by atoms with Crippen molar-refractivity contribution in [1.29, 1.82) is 0 Å². The molecule has 1 aliphatic heterocycles. The van der Waals surface area contributed by atoms with Gasteiger partial charge in [0.25, 0.3) is 0 Å². The Kier molecular flexibility index (Phi) is 2.06. The molecule has 0 bridgehead atoms. The van der Waals surface area contributed by atoms with E-state index in [1.54, 1.807) is 11.1 Å². The van der Waals surface area contributed by atoms with Gasteiger partial charge in [0.1, 0.15) is 0 Å². The third kappa shape index (κ3) is 1.27. The average Bonchev–Trinajstić information content (AvgIpc) is 2.85. The molecule has 1 heteroatoms. The fourth-order valence-corrected chi connectivity index (χ4v) is 2.90. The molecular weight excluding hydrogens is 172 g/mol. The lowest BCUT2D eigenvalue weighted by Gasteiger charge is -2.18. The molecule has 0 radical (unpaired) electrons. The van der Waals surface area contributed by atoms with Crippen LogP contribution in [0, 0.1) is 0 Å². The van der Waals surface area contributed by atoms with Gasteiger partial charge in [-0.05, 0) is 36.8 Å². The van der Waals surface area contributed by atoms with E-state index in [2.05, 4.69) is 24.3 Å². The fourth-order valence-electron chi connectivity index (χ4n) is 2.90. The van der Waals surface area contributed by atoms with Crippen LogP contribution in [0.3, 0.4) is 0 Å². The van der Waals surface area contributed by atoms with Crippen LogP contribution in [0.1, 0.15) is 36.3 Å². The van der Waals surface area contributed by atoms with Gasteiger partial charge in [-0.15, -0.1) is 0 Å². The lowest BCUT2D eigenvalue weighted by molar-refractivity contribution is 0.0888. The van der Waals surface area contributed by atoms with E-state index in [0.717, 1.165) is 6.61 Å². The molecule has 0 saturated carbocycles. The molecule has 1 aliphatic carbocycles. The van der Waals surface area contributed by atoms with E-state index in [9.17, 15) is 0 Å². The summed E-state index contributed by atoms with van der Waals surface area (Å²) in [6.07, 6.45) is 5.58. The minimum absolute atomic E-state index is 0.513. The smallest absolute Gasteiger partial charge is 0.0644 e. The monoisotopic (exact) mass is 188 g/mol. The third-order valence-electron chi connectivity index (χ3n) is 3.59. The summed E-state index contributed by atoms with van der Waals surface area (Å²) in [5, 5.41) is 0. The van der Waals surface area contributed by atoms with Gasteiger partial charge in [-0.25, -0.2) is 0 Å². The van der Waals surface area contributed by atoms with Crippen LogP contribution in [0.4, 0.5) is 0 Å². The van der Waals surface area contributed by atoms with Gasteiger partial charge >= 0.3 is 0 Å². The molecule has 0 unspecified atom stereocenters. The molecule has 2 aliphatic rings. The summed E-state index contributed by atoms with van der Waals surface area (Å²) >= 11 is 0. The van der Waals surface area contributed by atoms with Crippen molar-refractivity contribution in [3.05, 3.63) is 35.4 Å². The fraction of sp³-hybridized carbons (Fsp3) is 0.538. The van der Waals surface area contributed by atoms with Crippen LogP contribution in [0.25, 0.3) is 0 Å². The Morgan fingerprint density at radius 1 is 1.14 bits per heavy atom. The van der Waals surface area contributed by atoms with Gasteiger partial charge in [-0.1, -0.05) is 24.3 Å². The summed E-state index contributed by atoms with van der Waals surface area (Å²) in [5.41, 5.74) is 3.10. The molecule has 0 N–H and O–H groups in total. The molecule has 2 atom stereocenters. The number of rotatable bonds is 1. The largest absolute Gasteiger partial charge is 0.378 e. The molecule has 1 nitrogen and oxygen atoms in total. The van der Waals surface area contributed by atoms with E-state index in [1.807, 2.05) is 0 Å². The lowest BCUT2D eigenvalue weighted by atomic mass is 9.94. The number of benzene rings is 1. The molecule has 3 rings (SSSR count). The van der Waals surface area contributed by atoms with Crippen molar-refractivity contribution in [1.82, 2.24) is 0 Å². The topological polar surface area (TPSA) is 9.23 Å². The summed E-state index contributed by atoms with van der Waals surface area (Å²) in [6.45, 7) is 0.976. The zero-order valence-electron chi connectivity index (χ0n) is 8.41. The standard InChI is InChI=1S/C13H16O/c1-2-5-11-10(4-1)7-8-12(11)13-6-3-9-14-13/h1-2,4-5,12-13H,3,6-9H2/t12-,13+/m0/s1. The SMILES string of the molecule is c1ccc2c(c1)CC[C@@H]2[C@H]1CCCO1. The maximum atomic E-state index is 5.79. The number of hydrogen-bond donors (Lipinski definition) is 0. The van der Waals surface area contributed by atoms with E-state index in [1.165, 1.54) is 25.7 Å². The first-order valence-electron chi connectivity index (χ1n) is 5.64. The first-order chi connectivity index (χ1) is 6.95. The first-order valence-corrected chi connectivity index (χ1v) is 5.64. The van der Waals surface area contributed by atoms with Crippen LogP contribution in [0.2, 0.25) is 0 Å². The molecule has 0 amide bonds. The molecule has 0 aromatic heterocycles. The molecule has 1 heterocycles. The molecule has 0 spiro atoms. The Balaban J connectivity index is 1.89. The summed E-state index contributed by atoms with van der Waals surface area (Å²) in [6, 6.07) is 8.86. The average molecular weight is 188 g/mol. The quantitative estimate of drug-likeness (QED) is 0.658. The van der Waals surface area contributed by atoms with Crippen LogP contribution in [-0.4, -0.2) is 12.7 Å². The highest BCUT2D eigenvalue weighted by Crippen LogP contribution is 2.39. The van der Waals surface area contributed by atoms with Gasteiger partial charge < -0.3 is 4.74 Å². The molecule has 1 saturated heterocycles. The molecule has 14 heavy (non-hydrogen) atoms. The zero-order chi connectivity index (χ0) is 9.38. The van der Waals surface area contributed by atoms with Crippen LogP contribution in [0.5, 0.6) is 0 Å². The maximum Gasteiger partial charge on any atom is 0.0644 e. The predicted octanol–water partition coefficient (Wildman–Crippen LogP) is 2.90. The summed E-state index contributed by atoms with van der Waals surface area (Å²) < 4.78 is 5.79. The summed E-state index contributed by atoms with van der Waals surface area (Å²) in [7, 11) is 0. The number of fused-ring (bicyclic) bond motifs is 1. The van der Waals surface area contributed by atoms with Gasteiger partial charge in [0, 0.05) is 12.5 Å². The van der Waals surface area contributed by atoms with Crippen LogP contribution < -0.4 is 0 Å². The van der Waals surface area contributed by atoms with Crippen molar-refractivity contribution >= 4 is 0 Å². The second-order valence-electron chi connectivity index (χ2n) is 4.40. The number of aryl methyl sites for hydroxylation is 1. The van der Waals surface area contributed by atoms with Crippen molar-refractivity contribution in [3.63, 3.8) is 0 Å². The molecule has 1 fully saturated rings. The van der Waals surface area contributed by atoms with Gasteiger partial charge in [0.2, 0.25) is 0 Å². The van der Waals surface area contributed by atoms with Crippen LogP contribution in [-0.2, 0) is 11.2 Å². The van der Waals surface area contributed by atoms with Gasteiger partial charge in [0.05, 0.1) is 6.10 Å². The Morgan fingerprint density at radius 2 is 2.07 bits per heavy atom. The highest BCUT2D eigenvalue weighted by molar-refractivity contribution is 5.35. The Hall–Kier alpha value is -0.820. The van der Waals surface area contributed by atoms with E-state index in [-0.39, 0.29) is 0 Å². The highest BCUT2D eigenvalue weighted by atomic mass is 16.5. The normalized spacial score (nSPS) is 30.6. The minimum atomic E-state index is 0.513. The van der Waals surface area contributed by atoms with E-state index in [0.29, 0.717) is 12.0 Å². The van der Waals surface area contributed by atoms with E-state index in [4.69, 9.17) is 4.74 Å². The summed E-state index contributed by atoms with van der Waals surface area (Å²) in [5.74, 6) is 0.689. The maximum absolute atomic E-state index is 5.79. The van der Waals surface area contributed by atoms with Crippen molar-refractivity contribution in [2.45, 2.75) is 37.7 Å². The molecule has 1 aromatic carbocycles. The van der Waals surface area contributed by atoms with Crippen molar-refractivity contribution in [2.75, 3.05) is 6.61 Å². The second kappa shape index (κ2) is 3.39. The highest BCUT2D eigenvalue weighted by Gasteiger charge is 2.31. The van der Waals surface area contributed by atoms with Gasteiger partial charge in [-0.3, -0.25) is 0 Å². The van der Waals surface area contributed by atoms with Crippen LogP contribution in [0.15, 0.2) is 24.3 Å². The molecular formula is C13H16O. The zero-order valence-corrected chi connectivity index (χ0v) is 8.41. The Labute approximate surface area is 85.1 Å². The molecule has 1 aromatic rings. The van der Waals surface area contributed by atoms with Crippen molar-refractivity contribution in [2.24, 2.45) is 0 Å². The van der Waals surface area contributed by atoms with Crippen molar-refractivity contribution < 1.29 is 4.74 Å². The minimum Gasteiger partial charge on any atom is -0.378 e. The van der Waals surface area contributed by atoms with E-state index >= 15 is 0 Å². The predicted molar refractivity (Wildman–Crippen MR) is 56.5 cm³/mol. The molecule has 74 valence electrons. The van der Waals surface area contributed by atoms with E-state index < -0.39 is 0 Å². The van der Waals surface area contributed by atoms with Crippen molar-refractivity contribution in [3.8, 4) is 0 Å². The van der Waals surface area contributed by atoms with Crippen LogP contribution >= 0.6 is 0 Å². The lowest BCUT2D eigenvalue weighted by Crippen LogP contribution is -2.14. The number of hydrogen-bond acceptors (Lipinski definition) is 1. The first kappa shape index (κ1) is 8.49. The number of ether oxygens (including phenoxy) is 1. The third-order valence-corrected chi connectivity index (χ3v) is 3.59. The Morgan fingerprint density at radius 3 is 2.93 bits per heavy atom. The Bertz CT molecular complexity index is 326.